The van der Waals surface area contributed by atoms with E-state index in [4.69, 9.17) is 4.74 Å². The molecule has 1 heterocycles. The summed E-state index contributed by atoms with van der Waals surface area (Å²) in [6, 6.07) is 9.21. The summed E-state index contributed by atoms with van der Waals surface area (Å²) in [6.07, 6.45) is 0.367. The van der Waals surface area contributed by atoms with Gasteiger partial charge in [0, 0.05) is 0 Å². The topological polar surface area (TPSA) is 90.1 Å². The number of nitrogens with zero attached hydrogens (tertiary/aromatic N) is 4. The molecule has 0 saturated heterocycles. The monoisotopic (exact) mass is 276 g/mol. The van der Waals surface area contributed by atoms with Crippen molar-refractivity contribution in [3.8, 4) is 5.75 Å². The van der Waals surface area contributed by atoms with E-state index in [1.54, 1.807) is 13.8 Å². The molecule has 0 aliphatic rings. The lowest BCUT2D eigenvalue weighted by Crippen LogP contribution is -2.40. The molecule has 1 atom stereocenters. The van der Waals surface area contributed by atoms with Gasteiger partial charge in [-0.1, -0.05) is 25.1 Å². The van der Waals surface area contributed by atoms with Crippen molar-refractivity contribution < 1.29 is 14.6 Å². The smallest absolute Gasteiger partial charge is 0.331 e. The normalized spacial score (nSPS) is 13.7. The van der Waals surface area contributed by atoms with Gasteiger partial charge >= 0.3 is 5.97 Å². The minimum absolute atomic E-state index is 0.111. The molecule has 0 bridgehead atoms. The highest BCUT2D eigenvalue weighted by molar-refractivity contribution is 5.76. The zero-order chi connectivity index (χ0) is 14.6. The highest BCUT2D eigenvalue weighted by Gasteiger charge is 2.37. The number of para-hydroxylation sites is 1. The Morgan fingerprint density at radius 2 is 2.10 bits per heavy atom. The van der Waals surface area contributed by atoms with Gasteiger partial charge in [0.1, 0.15) is 12.4 Å². The van der Waals surface area contributed by atoms with Crippen LogP contribution < -0.4 is 4.74 Å². The second-order valence-electron chi connectivity index (χ2n) is 4.54. The summed E-state index contributed by atoms with van der Waals surface area (Å²) in [4.78, 5) is 11.4. The van der Waals surface area contributed by atoms with Gasteiger partial charge in [0.05, 0.1) is 0 Å². The Kier molecular flexibility index (Phi) is 3.97. The van der Waals surface area contributed by atoms with Gasteiger partial charge in [0.25, 0.3) is 0 Å². The standard InChI is InChI=1S/C13H16N4O3/c1-3-13(2,12(18)19)17-11(14-15-16-17)9-20-10-7-5-4-6-8-10/h4-8H,3,9H2,1-2H3,(H,18,19). The molecular weight excluding hydrogens is 260 g/mol. The summed E-state index contributed by atoms with van der Waals surface area (Å²) < 4.78 is 6.86. The van der Waals surface area contributed by atoms with E-state index in [-0.39, 0.29) is 6.61 Å². The fourth-order valence-electron chi connectivity index (χ4n) is 1.74. The number of tetrazole rings is 1. The van der Waals surface area contributed by atoms with Crippen molar-refractivity contribution in [2.45, 2.75) is 32.4 Å². The molecule has 2 aromatic rings. The van der Waals surface area contributed by atoms with Gasteiger partial charge in [-0.2, -0.15) is 0 Å². The van der Waals surface area contributed by atoms with E-state index in [0.29, 0.717) is 18.0 Å². The van der Waals surface area contributed by atoms with Crippen LogP contribution in [0.5, 0.6) is 5.75 Å². The highest BCUT2D eigenvalue weighted by atomic mass is 16.5. The summed E-state index contributed by atoms with van der Waals surface area (Å²) >= 11 is 0. The first-order valence-corrected chi connectivity index (χ1v) is 6.27. The number of hydrogen-bond acceptors (Lipinski definition) is 5. The van der Waals surface area contributed by atoms with Crippen LogP contribution in [0.1, 0.15) is 26.1 Å². The minimum Gasteiger partial charge on any atom is -0.486 e. The quantitative estimate of drug-likeness (QED) is 0.859. The Balaban J connectivity index is 2.19. The maximum Gasteiger partial charge on any atom is 0.331 e. The molecule has 7 nitrogen and oxygen atoms in total. The van der Waals surface area contributed by atoms with Crippen LogP contribution >= 0.6 is 0 Å². The third-order valence-corrected chi connectivity index (χ3v) is 3.26. The van der Waals surface area contributed by atoms with Crippen LogP contribution in [0, 0.1) is 0 Å². The average molecular weight is 276 g/mol. The lowest BCUT2D eigenvalue weighted by Gasteiger charge is -2.23. The molecule has 1 N–H and O–H groups in total. The number of rotatable bonds is 6. The summed E-state index contributed by atoms with van der Waals surface area (Å²) in [5, 5.41) is 20.5. The predicted molar refractivity (Wildman–Crippen MR) is 70.2 cm³/mol. The van der Waals surface area contributed by atoms with Crippen molar-refractivity contribution >= 4 is 5.97 Å². The van der Waals surface area contributed by atoms with Crippen LogP contribution in [0.2, 0.25) is 0 Å². The molecule has 0 aliphatic carbocycles. The molecule has 0 radical (unpaired) electrons. The molecule has 106 valence electrons. The summed E-state index contributed by atoms with van der Waals surface area (Å²) in [6.45, 7) is 3.47. The van der Waals surface area contributed by atoms with Crippen molar-refractivity contribution in [3.63, 3.8) is 0 Å². The largest absolute Gasteiger partial charge is 0.486 e. The number of aliphatic carboxylic acids is 1. The van der Waals surface area contributed by atoms with Gasteiger partial charge in [-0.25, -0.2) is 9.48 Å². The van der Waals surface area contributed by atoms with E-state index in [1.165, 1.54) is 4.68 Å². The SMILES string of the molecule is CCC(C)(C(=O)O)n1nnnc1COc1ccccc1. The number of carbonyl (C=O) groups is 1. The van der Waals surface area contributed by atoms with E-state index in [1.807, 2.05) is 30.3 Å². The van der Waals surface area contributed by atoms with Crippen molar-refractivity contribution in [3.05, 3.63) is 36.2 Å². The van der Waals surface area contributed by atoms with E-state index >= 15 is 0 Å². The van der Waals surface area contributed by atoms with E-state index in [9.17, 15) is 9.90 Å². The number of hydrogen-bond donors (Lipinski definition) is 1. The zero-order valence-electron chi connectivity index (χ0n) is 11.4. The summed E-state index contributed by atoms with van der Waals surface area (Å²) in [5.74, 6) is 0.0736. The molecule has 0 fully saturated rings. The maximum absolute atomic E-state index is 11.4. The van der Waals surface area contributed by atoms with Crippen LogP contribution in [-0.4, -0.2) is 31.3 Å². The molecule has 0 amide bonds. The van der Waals surface area contributed by atoms with Gasteiger partial charge < -0.3 is 9.84 Å². The lowest BCUT2D eigenvalue weighted by atomic mass is 9.99. The third kappa shape index (κ3) is 2.61. The van der Waals surface area contributed by atoms with Gasteiger partial charge in [-0.05, 0) is 35.9 Å². The highest BCUT2D eigenvalue weighted by Crippen LogP contribution is 2.21. The fourth-order valence-corrected chi connectivity index (χ4v) is 1.74. The van der Waals surface area contributed by atoms with Crippen molar-refractivity contribution in [2.24, 2.45) is 0 Å². The fraction of sp³-hybridized carbons (Fsp3) is 0.385. The van der Waals surface area contributed by atoms with Crippen LogP contribution in [0.3, 0.4) is 0 Å². The Labute approximate surface area is 116 Å². The number of carboxylic acids is 1. The number of aromatic nitrogens is 4. The molecule has 7 heteroatoms. The maximum atomic E-state index is 11.4. The molecule has 20 heavy (non-hydrogen) atoms. The molecule has 1 unspecified atom stereocenters. The van der Waals surface area contributed by atoms with E-state index in [2.05, 4.69) is 15.5 Å². The van der Waals surface area contributed by atoms with Crippen LogP contribution in [0.15, 0.2) is 30.3 Å². The summed E-state index contributed by atoms with van der Waals surface area (Å²) in [7, 11) is 0. The van der Waals surface area contributed by atoms with Crippen molar-refractivity contribution in [2.75, 3.05) is 0 Å². The minimum atomic E-state index is -1.18. The van der Waals surface area contributed by atoms with Gasteiger partial charge in [0.2, 0.25) is 0 Å². The van der Waals surface area contributed by atoms with Gasteiger partial charge in [-0.15, -0.1) is 5.10 Å². The van der Waals surface area contributed by atoms with Gasteiger partial charge in [0.15, 0.2) is 11.4 Å². The molecule has 1 aromatic heterocycles. The molecular formula is C13H16N4O3. The van der Waals surface area contributed by atoms with E-state index in [0.717, 1.165) is 0 Å². The molecule has 0 saturated carbocycles. The Bertz CT molecular complexity index is 584. The first-order valence-electron chi connectivity index (χ1n) is 6.27. The zero-order valence-corrected chi connectivity index (χ0v) is 11.4. The van der Waals surface area contributed by atoms with Crippen LogP contribution in [0.4, 0.5) is 0 Å². The van der Waals surface area contributed by atoms with Crippen LogP contribution in [0.25, 0.3) is 0 Å². The first-order chi connectivity index (χ1) is 9.58. The average Bonchev–Trinajstić information content (AvgIpc) is 2.94. The number of benzene rings is 1. The molecule has 0 spiro atoms. The third-order valence-electron chi connectivity index (χ3n) is 3.26. The first kappa shape index (κ1) is 14.0. The summed E-state index contributed by atoms with van der Waals surface area (Å²) in [5.41, 5.74) is -1.18. The van der Waals surface area contributed by atoms with Crippen molar-refractivity contribution in [1.82, 2.24) is 20.2 Å². The number of ether oxygens (including phenoxy) is 1. The molecule has 0 aliphatic heterocycles. The van der Waals surface area contributed by atoms with Crippen LogP contribution in [-0.2, 0) is 16.9 Å². The second kappa shape index (κ2) is 5.68. The lowest BCUT2D eigenvalue weighted by molar-refractivity contribution is -0.147. The molecule has 1 aromatic carbocycles. The molecule has 2 rings (SSSR count). The Hall–Kier alpha value is -2.44. The Morgan fingerprint density at radius 1 is 1.40 bits per heavy atom. The van der Waals surface area contributed by atoms with Gasteiger partial charge in [-0.3, -0.25) is 0 Å². The van der Waals surface area contributed by atoms with Crippen molar-refractivity contribution in [1.29, 1.82) is 0 Å². The number of carboxylic acid groups (broad SMARTS) is 1. The van der Waals surface area contributed by atoms with E-state index < -0.39 is 11.5 Å². The second-order valence-corrected chi connectivity index (χ2v) is 4.54. The predicted octanol–water partition coefficient (Wildman–Crippen LogP) is 1.46. The Morgan fingerprint density at radius 3 is 2.70 bits per heavy atom.